The lowest BCUT2D eigenvalue weighted by molar-refractivity contribution is -0.0119. The standard InChI is InChI=1S/C20H30N4O/c1-3-5-13-24(14-6-4-2)20(11-8-12-20)23-19(25)16-9-7-10-17-18(16)22-15-21-17/h7,9-10,15H,3-6,8,11-14H2,1-2H3,(H,21,22)(H,23,25). The Morgan fingerprint density at radius 1 is 1.24 bits per heavy atom. The van der Waals surface area contributed by atoms with Crippen LogP contribution in [-0.2, 0) is 0 Å². The number of hydrogen-bond acceptors (Lipinski definition) is 3. The van der Waals surface area contributed by atoms with E-state index in [9.17, 15) is 4.79 Å². The number of para-hydroxylation sites is 1. The highest BCUT2D eigenvalue weighted by Gasteiger charge is 2.43. The Morgan fingerprint density at radius 3 is 2.56 bits per heavy atom. The number of carbonyl (C=O) groups is 1. The molecule has 1 fully saturated rings. The summed E-state index contributed by atoms with van der Waals surface area (Å²) in [5.74, 6) is -0.00426. The van der Waals surface area contributed by atoms with E-state index in [4.69, 9.17) is 0 Å². The van der Waals surface area contributed by atoms with E-state index < -0.39 is 0 Å². The molecule has 2 N–H and O–H groups in total. The zero-order chi connectivity index (χ0) is 17.7. The molecular weight excluding hydrogens is 312 g/mol. The second kappa shape index (κ2) is 8.00. The average Bonchev–Trinajstić information content (AvgIpc) is 3.07. The number of nitrogens with zero attached hydrogens (tertiary/aromatic N) is 2. The number of aromatic nitrogens is 2. The van der Waals surface area contributed by atoms with Crippen molar-refractivity contribution in [2.24, 2.45) is 0 Å². The first-order chi connectivity index (χ1) is 12.2. The molecule has 1 aliphatic carbocycles. The van der Waals surface area contributed by atoms with Gasteiger partial charge in [0.15, 0.2) is 0 Å². The van der Waals surface area contributed by atoms with Crippen LogP contribution in [0.25, 0.3) is 11.0 Å². The number of H-pyrrole nitrogens is 1. The lowest BCUT2D eigenvalue weighted by Gasteiger charge is -2.51. The number of hydrogen-bond donors (Lipinski definition) is 2. The lowest BCUT2D eigenvalue weighted by Crippen LogP contribution is -2.65. The fourth-order valence-electron chi connectivity index (χ4n) is 3.70. The molecule has 2 aromatic rings. The van der Waals surface area contributed by atoms with Crippen LogP contribution in [0.3, 0.4) is 0 Å². The van der Waals surface area contributed by atoms with Gasteiger partial charge in [-0.1, -0.05) is 32.8 Å². The summed E-state index contributed by atoms with van der Waals surface area (Å²) < 4.78 is 0. The van der Waals surface area contributed by atoms with Crippen molar-refractivity contribution >= 4 is 16.9 Å². The first-order valence-corrected chi connectivity index (χ1v) is 9.70. The molecule has 5 heteroatoms. The summed E-state index contributed by atoms with van der Waals surface area (Å²) >= 11 is 0. The van der Waals surface area contributed by atoms with Gasteiger partial charge in [-0.2, -0.15) is 0 Å². The number of imidazole rings is 1. The minimum Gasteiger partial charge on any atom is -0.345 e. The Hall–Kier alpha value is -1.88. The highest BCUT2D eigenvalue weighted by molar-refractivity contribution is 6.05. The van der Waals surface area contributed by atoms with Crippen LogP contribution in [0, 0.1) is 0 Å². The maximum absolute atomic E-state index is 13.0. The van der Waals surface area contributed by atoms with Crippen LogP contribution in [-0.4, -0.2) is 39.5 Å². The summed E-state index contributed by atoms with van der Waals surface area (Å²) in [6.07, 6.45) is 9.63. The molecule has 0 saturated heterocycles. The van der Waals surface area contributed by atoms with Gasteiger partial charge in [0.05, 0.1) is 23.1 Å². The number of unbranched alkanes of at least 4 members (excludes halogenated alkanes) is 2. The molecule has 0 aliphatic heterocycles. The van der Waals surface area contributed by atoms with Crippen molar-refractivity contribution < 1.29 is 4.79 Å². The number of carbonyl (C=O) groups excluding carboxylic acids is 1. The van der Waals surface area contributed by atoms with E-state index in [-0.39, 0.29) is 11.6 Å². The largest absolute Gasteiger partial charge is 0.345 e. The molecule has 0 spiro atoms. The summed E-state index contributed by atoms with van der Waals surface area (Å²) in [6, 6.07) is 5.73. The second-order valence-corrected chi connectivity index (χ2v) is 7.14. The van der Waals surface area contributed by atoms with Gasteiger partial charge in [-0.15, -0.1) is 0 Å². The number of benzene rings is 1. The van der Waals surface area contributed by atoms with E-state index in [1.807, 2.05) is 18.2 Å². The van der Waals surface area contributed by atoms with Crippen molar-refractivity contribution in [2.75, 3.05) is 13.1 Å². The topological polar surface area (TPSA) is 61.0 Å². The van der Waals surface area contributed by atoms with Crippen molar-refractivity contribution in [1.82, 2.24) is 20.2 Å². The first-order valence-electron chi connectivity index (χ1n) is 9.70. The Balaban J connectivity index is 1.79. The number of aromatic amines is 1. The van der Waals surface area contributed by atoms with E-state index in [2.05, 4.69) is 34.0 Å². The molecular formula is C20H30N4O. The van der Waals surface area contributed by atoms with Gasteiger partial charge < -0.3 is 10.3 Å². The number of amides is 1. The van der Waals surface area contributed by atoms with Crippen LogP contribution in [0.1, 0.15) is 69.2 Å². The SMILES string of the molecule is CCCCN(CCCC)C1(NC(=O)c2cccc3[nH]cnc23)CCC1. The fourth-order valence-corrected chi connectivity index (χ4v) is 3.70. The zero-order valence-electron chi connectivity index (χ0n) is 15.5. The van der Waals surface area contributed by atoms with Crippen LogP contribution in [0.15, 0.2) is 24.5 Å². The van der Waals surface area contributed by atoms with Crippen molar-refractivity contribution in [3.8, 4) is 0 Å². The minimum absolute atomic E-state index is 0.00426. The van der Waals surface area contributed by atoms with Crippen LogP contribution in [0.2, 0.25) is 0 Å². The molecule has 25 heavy (non-hydrogen) atoms. The van der Waals surface area contributed by atoms with Crippen LogP contribution in [0.4, 0.5) is 0 Å². The van der Waals surface area contributed by atoms with Gasteiger partial charge in [0.2, 0.25) is 0 Å². The molecule has 1 aromatic heterocycles. The number of rotatable bonds is 9. The van der Waals surface area contributed by atoms with Gasteiger partial charge in [0.25, 0.3) is 5.91 Å². The number of fused-ring (bicyclic) bond motifs is 1. The van der Waals surface area contributed by atoms with Gasteiger partial charge in [-0.3, -0.25) is 9.69 Å². The fraction of sp³-hybridized carbons (Fsp3) is 0.600. The lowest BCUT2D eigenvalue weighted by atomic mass is 9.82. The molecule has 1 aliphatic rings. The van der Waals surface area contributed by atoms with Crippen LogP contribution in [0.5, 0.6) is 0 Å². The molecule has 1 saturated carbocycles. The van der Waals surface area contributed by atoms with Gasteiger partial charge in [0.1, 0.15) is 5.52 Å². The Kier molecular flexibility index (Phi) is 5.74. The zero-order valence-corrected chi connectivity index (χ0v) is 15.5. The van der Waals surface area contributed by atoms with E-state index in [0.717, 1.165) is 37.0 Å². The van der Waals surface area contributed by atoms with E-state index in [1.165, 1.54) is 32.1 Å². The predicted octanol–water partition coefficient (Wildman–Crippen LogP) is 4.08. The molecule has 3 rings (SSSR count). The smallest absolute Gasteiger partial charge is 0.254 e. The molecule has 0 atom stereocenters. The van der Waals surface area contributed by atoms with E-state index in [1.54, 1.807) is 6.33 Å². The second-order valence-electron chi connectivity index (χ2n) is 7.14. The predicted molar refractivity (Wildman–Crippen MR) is 102 cm³/mol. The highest BCUT2D eigenvalue weighted by atomic mass is 16.2. The third kappa shape index (κ3) is 3.71. The van der Waals surface area contributed by atoms with Gasteiger partial charge in [0, 0.05) is 13.1 Å². The molecule has 136 valence electrons. The molecule has 0 bridgehead atoms. The van der Waals surface area contributed by atoms with Crippen molar-refractivity contribution in [3.63, 3.8) is 0 Å². The van der Waals surface area contributed by atoms with Crippen LogP contribution >= 0.6 is 0 Å². The Labute approximate surface area is 150 Å². The average molecular weight is 342 g/mol. The monoisotopic (exact) mass is 342 g/mol. The van der Waals surface area contributed by atoms with Gasteiger partial charge >= 0.3 is 0 Å². The first kappa shape index (κ1) is 17.9. The minimum atomic E-state index is -0.167. The molecule has 0 radical (unpaired) electrons. The summed E-state index contributed by atoms with van der Waals surface area (Å²) in [6.45, 7) is 6.57. The molecule has 1 heterocycles. The third-order valence-corrected chi connectivity index (χ3v) is 5.39. The highest BCUT2D eigenvalue weighted by Crippen LogP contribution is 2.36. The summed E-state index contributed by atoms with van der Waals surface area (Å²) in [5, 5.41) is 3.38. The normalized spacial score (nSPS) is 16.1. The van der Waals surface area contributed by atoms with Crippen molar-refractivity contribution in [1.29, 1.82) is 0 Å². The molecule has 1 amide bonds. The summed E-state index contributed by atoms with van der Waals surface area (Å²) in [4.78, 5) is 23.0. The molecule has 0 unspecified atom stereocenters. The molecule has 5 nitrogen and oxygen atoms in total. The van der Waals surface area contributed by atoms with Crippen molar-refractivity contribution in [3.05, 3.63) is 30.1 Å². The van der Waals surface area contributed by atoms with Crippen LogP contribution < -0.4 is 5.32 Å². The Bertz CT molecular complexity index is 697. The quantitative estimate of drug-likeness (QED) is 0.675. The maximum Gasteiger partial charge on any atom is 0.254 e. The summed E-state index contributed by atoms with van der Waals surface area (Å²) in [7, 11) is 0. The van der Waals surface area contributed by atoms with E-state index in [0.29, 0.717) is 5.56 Å². The summed E-state index contributed by atoms with van der Waals surface area (Å²) in [5.41, 5.74) is 2.16. The van der Waals surface area contributed by atoms with E-state index >= 15 is 0 Å². The van der Waals surface area contributed by atoms with Gasteiger partial charge in [-0.05, 0) is 44.2 Å². The number of nitrogens with one attached hydrogen (secondary N) is 2. The Morgan fingerprint density at radius 2 is 1.96 bits per heavy atom. The van der Waals surface area contributed by atoms with Crippen molar-refractivity contribution in [2.45, 2.75) is 64.5 Å². The molecule has 1 aromatic carbocycles. The van der Waals surface area contributed by atoms with Gasteiger partial charge in [-0.25, -0.2) is 4.98 Å². The third-order valence-electron chi connectivity index (χ3n) is 5.39. The maximum atomic E-state index is 13.0.